The second-order valence-corrected chi connectivity index (χ2v) is 13.5. The Balaban J connectivity index is 1.39. The van der Waals surface area contributed by atoms with Crippen molar-refractivity contribution < 1.29 is 35.6 Å². The lowest BCUT2D eigenvalue weighted by Gasteiger charge is -2.43. The van der Waals surface area contributed by atoms with Crippen LogP contribution in [0.25, 0.3) is 0 Å². The number of nitrogens with zero attached hydrogens (tertiary/aromatic N) is 4. The number of carbonyl (C=O) groups is 1. The van der Waals surface area contributed by atoms with Crippen LogP contribution in [0.5, 0.6) is 0 Å². The number of alkyl halides is 3. The number of aryl methyl sites for hydroxylation is 1. The maximum Gasteiger partial charge on any atom is 0.493 e. The molecular weight excluding hydrogens is 584 g/mol. The zero-order valence-electron chi connectivity index (χ0n) is 22.2. The molecule has 1 saturated heterocycles. The van der Waals surface area contributed by atoms with E-state index in [4.69, 9.17) is 0 Å². The molecule has 0 radical (unpaired) electrons. The third-order valence-electron chi connectivity index (χ3n) is 7.56. The third-order valence-corrected chi connectivity index (χ3v) is 10.6. The summed E-state index contributed by atoms with van der Waals surface area (Å²) in [6.45, 7) is 4.35. The second kappa shape index (κ2) is 11.2. The number of piperidine rings is 1. The van der Waals surface area contributed by atoms with Crippen LogP contribution in [0.4, 0.5) is 29.1 Å². The van der Waals surface area contributed by atoms with Gasteiger partial charge in [0.15, 0.2) is 5.82 Å². The van der Waals surface area contributed by atoms with Gasteiger partial charge in [0.2, 0.25) is 5.95 Å². The lowest BCUT2D eigenvalue weighted by molar-refractivity contribution is -0.199. The van der Waals surface area contributed by atoms with Gasteiger partial charge < -0.3 is 9.74 Å². The third kappa shape index (κ3) is 6.04. The van der Waals surface area contributed by atoms with E-state index in [0.717, 1.165) is 62.0 Å². The molecule has 2 aliphatic rings. The van der Waals surface area contributed by atoms with Crippen LogP contribution >= 0.6 is 11.3 Å². The van der Waals surface area contributed by atoms with Gasteiger partial charge in [0.05, 0.1) is 5.69 Å². The molecule has 3 aromatic rings. The largest absolute Gasteiger partial charge is 0.493 e. The summed E-state index contributed by atoms with van der Waals surface area (Å²) in [6.07, 6.45) is -3.43. The normalized spacial score (nSPS) is 21.1. The zero-order chi connectivity index (χ0) is 29.5. The summed E-state index contributed by atoms with van der Waals surface area (Å²) in [5, 5.41) is 0. The summed E-state index contributed by atoms with van der Waals surface area (Å²) in [6, 6.07) is 14.6. The molecule has 0 amide bonds. The predicted octanol–water partition coefficient (Wildman–Crippen LogP) is 5.15. The number of halogens is 4. The molecule has 220 valence electrons. The Morgan fingerprint density at radius 2 is 1.76 bits per heavy atom. The number of benzene rings is 1. The Hall–Kier alpha value is -3.23. The van der Waals surface area contributed by atoms with Crippen LogP contribution in [-0.2, 0) is 26.2 Å². The number of hydrogen-bond donors (Lipinski definition) is 0. The molecule has 1 saturated carbocycles. The average molecular weight is 613 g/mol. The van der Waals surface area contributed by atoms with E-state index in [0.29, 0.717) is 22.4 Å². The standard InChI is InChI=1S/C27H28F4N4O4S2/c1-17-21(33(2)25-19-11-12-20(25)16-34(15-19)14-18-7-4-3-5-8-18)13-24(40-17)41(37,38)35(39-26(36)27(29,30)31)23-10-6-9-22(28)32-23/h3-10,13,19-20,25H,11-12,14-16H2,1-2H3/t19-,20+,25+. The summed E-state index contributed by atoms with van der Waals surface area (Å²) < 4.78 is 79.2. The Morgan fingerprint density at radius 3 is 2.37 bits per heavy atom. The first-order valence-electron chi connectivity index (χ1n) is 12.9. The lowest BCUT2D eigenvalue weighted by atomic mass is 9.90. The molecule has 1 aliphatic heterocycles. The van der Waals surface area contributed by atoms with Crippen molar-refractivity contribution in [2.75, 3.05) is 29.5 Å². The van der Waals surface area contributed by atoms with E-state index in [1.54, 1.807) is 6.92 Å². The van der Waals surface area contributed by atoms with E-state index in [9.17, 15) is 30.8 Å². The van der Waals surface area contributed by atoms with Gasteiger partial charge >= 0.3 is 22.2 Å². The molecule has 0 spiro atoms. The van der Waals surface area contributed by atoms with Gasteiger partial charge in [-0.15, -0.1) is 11.3 Å². The Morgan fingerprint density at radius 1 is 1.10 bits per heavy atom. The smallest absolute Gasteiger partial charge is 0.370 e. The Bertz CT molecular complexity index is 1500. The molecule has 8 nitrogen and oxygen atoms in total. The number of rotatable bonds is 8. The second-order valence-electron chi connectivity index (χ2n) is 10.3. The summed E-state index contributed by atoms with van der Waals surface area (Å²) in [5.74, 6) is -4.07. The Kier molecular flexibility index (Phi) is 8.01. The van der Waals surface area contributed by atoms with E-state index in [1.807, 2.05) is 25.2 Å². The summed E-state index contributed by atoms with van der Waals surface area (Å²) in [4.78, 5) is 24.3. The van der Waals surface area contributed by atoms with Gasteiger partial charge in [0, 0.05) is 37.6 Å². The van der Waals surface area contributed by atoms with Crippen LogP contribution in [0.1, 0.15) is 23.3 Å². The van der Waals surface area contributed by atoms with Crippen LogP contribution in [0.15, 0.2) is 58.8 Å². The molecule has 0 unspecified atom stereocenters. The van der Waals surface area contributed by atoms with Crippen molar-refractivity contribution >= 4 is 38.8 Å². The molecule has 0 N–H and O–H groups in total. The van der Waals surface area contributed by atoms with Gasteiger partial charge in [0.1, 0.15) is 4.21 Å². The molecule has 5 rings (SSSR count). The number of thiophene rings is 1. The minimum atomic E-state index is -5.49. The number of hydrogen-bond acceptors (Lipinski definition) is 8. The van der Waals surface area contributed by atoms with Crippen molar-refractivity contribution in [2.24, 2.45) is 11.8 Å². The summed E-state index contributed by atoms with van der Waals surface area (Å²) in [7, 11) is -3.01. The van der Waals surface area contributed by atoms with Gasteiger partial charge in [-0.2, -0.15) is 31.0 Å². The minimum absolute atomic E-state index is 0.148. The quantitative estimate of drug-likeness (QED) is 0.198. The summed E-state index contributed by atoms with van der Waals surface area (Å²) >= 11 is 0.825. The van der Waals surface area contributed by atoms with Crippen molar-refractivity contribution in [2.45, 2.75) is 42.7 Å². The molecule has 1 aromatic carbocycles. The fourth-order valence-electron chi connectivity index (χ4n) is 5.90. The number of fused-ring (bicyclic) bond motifs is 2. The first-order chi connectivity index (χ1) is 19.3. The highest BCUT2D eigenvalue weighted by molar-refractivity contribution is 7.94. The molecule has 2 aromatic heterocycles. The van der Waals surface area contributed by atoms with E-state index in [1.165, 1.54) is 11.6 Å². The molecule has 3 heterocycles. The van der Waals surface area contributed by atoms with Crippen LogP contribution in [0.3, 0.4) is 0 Å². The van der Waals surface area contributed by atoms with E-state index >= 15 is 0 Å². The fraction of sp³-hybridized carbons (Fsp3) is 0.407. The topological polar surface area (TPSA) is 83.0 Å². The van der Waals surface area contributed by atoms with Gasteiger partial charge in [-0.1, -0.05) is 40.9 Å². The number of sulfonamides is 1. The number of pyridine rings is 1. The van der Waals surface area contributed by atoms with E-state index < -0.39 is 33.9 Å². The molecule has 14 heteroatoms. The maximum atomic E-state index is 13.8. The highest BCUT2D eigenvalue weighted by atomic mass is 32.2. The van der Waals surface area contributed by atoms with Crippen LogP contribution < -0.4 is 9.37 Å². The maximum absolute atomic E-state index is 13.8. The summed E-state index contributed by atoms with van der Waals surface area (Å²) in [5.41, 5.74) is 1.85. The highest BCUT2D eigenvalue weighted by Crippen LogP contribution is 2.44. The number of carbonyl (C=O) groups excluding carboxylic acids is 1. The number of anilines is 2. The average Bonchev–Trinajstić information content (AvgIpc) is 3.44. The van der Waals surface area contributed by atoms with Crippen LogP contribution in [0.2, 0.25) is 0 Å². The molecular formula is C27H28F4N4O4S2. The molecule has 2 fully saturated rings. The number of aromatic nitrogens is 1. The van der Waals surface area contributed by atoms with Crippen LogP contribution in [-0.4, -0.2) is 56.6 Å². The predicted molar refractivity (Wildman–Crippen MR) is 145 cm³/mol. The highest BCUT2D eigenvalue weighted by Gasteiger charge is 2.47. The fourth-order valence-corrected chi connectivity index (χ4v) is 8.62. The van der Waals surface area contributed by atoms with Gasteiger partial charge in [0.25, 0.3) is 0 Å². The van der Waals surface area contributed by atoms with Crippen molar-refractivity contribution in [1.82, 2.24) is 9.88 Å². The number of likely N-dealkylation sites (tertiary alicyclic amines) is 1. The lowest BCUT2D eigenvalue weighted by Crippen LogP contribution is -2.51. The van der Waals surface area contributed by atoms with Crippen molar-refractivity contribution in [1.29, 1.82) is 0 Å². The molecule has 41 heavy (non-hydrogen) atoms. The van der Waals surface area contributed by atoms with Gasteiger partial charge in [-0.25, -0.2) is 4.79 Å². The first-order valence-corrected chi connectivity index (χ1v) is 15.2. The van der Waals surface area contributed by atoms with Gasteiger partial charge in [-0.05, 0) is 55.4 Å². The van der Waals surface area contributed by atoms with Crippen molar-refractivity contribution in [3.8, 4) is 0 Å². The zero-order valence-corrected chi connectivity index (χ0v) is 23.8. The SMILES string of the molecule is Cc1sc(S(=O)(=O)N(OC(=O)C(F)(F)F)c2cccc(F)n2)cc1N(C)[C@H]1[C@@H]2CC[C@H]1CN(Cc1ccccc1)C2. The van der Waals surface area contributed by atoms with Crippen LogP contribution in [0, 0.1) is 24.7 Å². The monoisotopic (exact) mass is 612 g/mol. The molecule has 1 aliphatic carbocycles. The van der Waals surface area contributed by atoms with Gasteiger partial charge in [-0.3, -0.25) is 4.90 Å². The minimum Gasteiger partial charge on any atom is -0.370 e. The van der Waals surface area contributed by atoms with Crippen molar-refractivity contribution in [3.63, 3.8) is 0 Å². The molecule has 2 bridgehead atoms. The first kappa shape index (κ1) is 29.3. The van der Waals surface area contributed by atoms with Crippen molar-refractivity contribution in [3.05, 3.63) is 71.0 Å². The Labute approximate surface area is 239 Å². The van der Waals surface area contributed by atoms with E-state index in [2.05, 4.69) is 31.8 Å². The van der Waals surface area contributed by atoms with E-state index in [-0.39, 0.29) is 14.7 Å². The molecule has 3 atom stereocenters.